The highest BCUT2D eigenvalue weighted by atomic mass is 19.1. The Hall–Kier alpha value is -2.70. The lowest BCUT2D eigenvalue weighted by Crippen LogP contribution is -2.49. The minimum Gasteiger partial charge on any atom is -0.493 e. The summed E-state index contributed by atoms with van der Waals surface area (Å²) < 4.78 is 20.3. The molecule has 2 atom stereocenters. The quantitative estimate of drug-likeness (QED) is 0.582. The first-order valence-corrected chi connectivity index (χ1v) is 12.7. The summed E-state index contributed by atoms with van der Waals surface area (Å²) in [6.07, 6.45) is 8.58. The molecule has 6 nitrogen and oxygen atoms in total. The number of anilines is 1. The van der Waals surface area contributed by atoms with Gasteiger partial charge in [0.15, 0.2) is 0 Å². The molecule has 2 aliphatic heterocycles. The zero-order valence-electron chi connectivity index (χ0n) is 20.3. The van der Waals surface area contributed by atoms with Gasteiger partial charge in [0, 0.05) is 44.6 Å². The van der Waals surface area contributed by atoms with Crippen molar-refractivity contribution >= 4 is 11.9 Å². The summed E-state index contributed by atoms with van der Waals surface area (Å²) in [6.45, 7) is 8.35. The molecule has 1 aromatic heterocycles. The number of aryl methyl sites for hydroxylation is 1. The molecule has 1 aliphatic carbocycles. The number of hydrogen-bond acceptors (Lipinski definition) is 5. The van der Waals surface area contributed by atoms with Gasteiger partial charge in [-0.05, 0) is 73.5 Å². The first-order valence-electron chi connectivity index (χ1n) is 12.7. The van der Waals surface area contributed by atoms with Crippen LogP contribution in [-0.4, -0.2) is 53.6 Å². The molecule has 0 unspecified atom stereocenters. The molecule has 1 amide bonds. The van der Waals surface area contributed by atoms with Crippen LogP contribution in [0.5, 0.6) is 5.75 Å². The second-order valence-electron chi connectivity index (χ2n) is 10.5. The Morgan fingerprint density at radius 3 is 2.59 bits per heavy atom. The van der Waals surface area contributed by atoms with E-state index in [9.17, 15) is 9.18 Å². The number of carbonyl (C=O) groups excluding carboxylic acids is 1. The number of nitrogens with zero attached hydrogens (tertiary/aromatic N) is 4. The fourth-order valence-electron chi connectivity index (χ4n) is 5.52. The van der Waals surface area contributed by atoms with E-state index in [1.807, 2.05) is 19.3 Å². The van der Waals surface area contributed by atoms with Crippen LogP contribution in [0.3, 0.4) is 0 Å². The predicted octanol–water partition coefficient (Wildman–Crippen LogP) is 4.27. The third-order valence-electron chi connectivity index (χ3n) is 7.71. The number of aromatic nitrogens is 2. The van der Waals surface area contributed by atoms with Gasteiger partial charge in [0.25, 0.3) is 0 Å². The number of amides is 1. The second-order valence-corrected chi connectivity index (χ2v) is 10.5. The maximum atomic E-state index is 14.5. The zero-order chi connectivity index (χ0) is 23.7. The number of benzene rings is 1. The number of piperidine rings is 1. The van der Waals surface area contributed by atoms with Crippen LogP contribution in [0.15, 0.2) is 30.6 Å². The highest BCUT2D eigenvalue weighted by Crippen LogP contribution is 2.49. The molecule has 1 saturated carbocycles. The van der Waals surface area contributed by atoms with Crippen LogP contribution >= 0.6 is 0 Å². The van der Waals surface area contributed by atoms with E-state index in [1.54, 1.807) is 17.0 Å². The first-order chi connectivity index (χ1) is 16.5. The minimum atomic E-state index is -0.354. The number of likely N-dealkylation sites (tertiary alicyclic amines) is 1. The van der Waals surface area contributed by atoms with E-state index >= 15 is 0 Å². The average molecular weight is 467 g/mol. The zero-order valence-corrected chi connectivity index (χ0v) is 20.3. The lowest BCUT2D eigenvalue weighted by molar-refractivity contribution is -0.136. The van der Waals surface area contributed by atoms with Gasteiger partial charge in [-0.15, -0.1) is 0 Å². The van der Waals surface area contributed by atoms with Crippen molar-refractivity contribution in [2.45, 2.75) is 46.0 Å². The molecule has 7 heteroatoms. The molecule has 0 N–H and O–H groups in total. The number of halogens is 1. The van der Waals surface area contributed by atoms with Crippen LogP contribution < -0.4 is 9.64 Å². The molecule has 34 heavy (non-hydrogen) atoms. The van der Waals surface area contributed by atoms with Crippen LogP contribution in [0.1, 0.15) is 43.7 Å². The summed E-state index contributed by atoms with van der Waals surface area (Å²) in [6, 6.07) is 4.91. The lowest BCUT2D eigenvalue weighted by atomic mass is 9.90. The largest absolute Gasteiger partial charge is 0.493 e. The molecule has 0 radical (unpaired) electrons. The molecule has 2 saturated heterocycles. The normalized spacial score (nSPS) is 23.0. The molecule has 0 bridgehead atoms. The van der Waals surface area contributed by atoms with Gasteiger partial charge in [-0.3, -0.25) is 4.79 Å². The molecule has 3 aliphatic rings. The van der Waals surface area contributed by atoms with Crippen molar-refractivity contribution in [3.05, 3.63) is 47.5 Å². The summed E-state index contributed by atoms with van der Waals surface area (Å²) in [7, 11) is 0. The SMILES string of the molecule is Cc1cnc(N2CCC([C@H]3C[C@H]3CCOc3ccc(CC(=O)N4CC(C)C4)c(F)c3)CC2)nc1. The van der Waals surface area contributed by atoms with Crippen LogP contribution in [0.4, 0.5) is 10.3 Å². The van der Waals surface area contributed by atoms with Crippen molar-refractivity contribution in [2.75, 3.05) is 37.7 Å². The first kappa shape index (κ1) is 23.1. The molecule has 3 heterocycles. The summed E-state index contributed by atoms with van der Waals surface area (Å²) in [4.78, 5) is 25.2. The number of ether oxygens (including phenoxy) is 1. The van der Waals surface area contributed by atoms with Gasteiger partial charge >= 0.3 is 0 Å². The molecule has 0 spiro atoms. The maximum Gasteiger partial charge on any atom is 0.227 e. The van der Waals surface area contributed by atoms with E-state index in [1.165, 1.54) is 25.3 Å². The Morgan fingerprint density at radius 2 is 1.91 bits per heavy atom. The minimum absolute atomic E-state index is 0.00247. The number of rotatable bonds is 8. The van der Waals surface area contributed by atoms with Gasteiger partial charge in [-0.1, -0.05) is 13.0 Å². The Balaban J connectivity index is 1.02. The van der Waals surface area contributed by atoms with Crippen LogP contribution in [0, 0.1) is 36.4 Å². The van der Waals surface area contributed by atoms with Crippen molar-refractivity contribution < 1.29 is 13.9 Å². The smallest absolute Gasteiger partial charge is 0.227 e. The van der Waals surface area contributed by atoms with Crippen molar-refractivity contribution in [1.29, 1.82) is 0 Å². The fraction of sp³-hybridized carbons (Fsp3) is 0.593. The summed E-state index contributed by atoms with van der Waals surface area (Å²) in [5.74, 6) is 3.88. The summed E-state index contributed by atoms with van der Waals surface area (Å²) >= 11 is 0. The van der Waals surface area contributed by atoms with Crippen molar-refractivity contribution in [1.82, 2.24) is 14.9 Å². The van der Waals surface area contributed by atoms with E-state index in [0.717, 1.165) is 55.9 Å². The standard InChI is InChI=1S/C27H35FN4O2/c1-18-14-29-27(30-15-18)31-8-5-20(6-9-31)24-11-21(24)7-10-34-23-4-3-22(25(28)13-23)12-26(33)32-16-19(2)17-32/h3-4,13-15,19-21,24H,5-12,16-17H2,1-2H3/t21-,24-/m1/s1. The third kappa shape index (κ3) is 5.34. The average Bonchev–Trinajstić information content (AvgIpc) is 3.59. The lowest BCUT2D eigenvalue weighted by Gasteiger charge is -2.37. The molecule has 3 fully saturated rings. The topological polar surface area (TPSA) is 58.6 Å². The summed E-state index contributed by atoms with van der Waals surface area (Å²) in [5, 5.41) is 0. The number of hydrogen-bond donors (Lipinski definition) is 0. The molecular weight excluding hydrogens is 431 g/mol. The molecular formula is C27H35FN4O2. The highest BCUT2D eigenvalue weighted by molar-refractivity contribution is 5.79. The Kier molecular flexibility index (Phi) is 6.70. The second kappa shape index (κ2) is 9.88. The molecule has 182 valence electrons. The van der Waals surface area contributed by atoms with Crippen LogP contribution in [-0.2, 0) is 11.2 Å². The van der Waals surface area contributed by atoms with Gasteiger partial charge < -0.3 is 14.5 Å². The number of carbonyl (C=O) groups is 1. The van der Waals surface area contributed by atoms with E-state index in [2.05, 4.69) is 21.8 Å². The molecule has 5 rings (SSSR count). The van der Waals surface area contributed by atoms with Gasteiger partial charge in [-0.2, -0.15) is 0 Å². The van der Waals surface area contributed by atoms with Crippen molar-refractivity contribution in [3.8, 4) is 5.75 Å². The fourth-order valence-corrected chi connectivity index (χ4v) is 5.52. The highest BCUT2D eigenvalue weighted by Gasteiger charge is 2.43. The summed E-state index contributed by atoms with van der Waals surface area (Å²) in [5.41, 5.74) is 1.54. The molecule has 1 aromatic carbocycles. The van der Waals surface area contributed by atoms with Crippen LogP contribution in [0.2, 0.25) is 0 Å². The van der Waals surface area contributed by atoms with Gasteiger partial charge in [-0.25, -0.2) is 14.4 Å². The molecule has 2 aromatic rings. The van der Waals surface area contributed by atoms with Gasteiger partial charge in [0.2, 0.25) is 11.9 Å². The van der Waals surface area contributed by atoms with E-state index in [-0.39, 0.29) is 18.1 Å². The van der Waals surface area contributed by atoms with Crippen molar-refractivity contribution in [3.63, 3.8) is 0 Å². The predicted molar refractivity (Wildman–Crippen MR) is 129 cm³/mol. The van der Waals surface area contributed by atoms with Gasteiger partial charge in [0.05, 0.1) is 13.0 Å². The Labute approximate surface area is 201 Å². The van der Waals surface area contributed by atoms with Gasteiger partial charge in [0.1, 0.15) is 11.6 Å². The van der Waals surface area contributed by atoms with E-state index < -0.39 is 0 Å². The Morgan fingerprint density at radius 1 is 1.18 bits per heavy atom. The monoisotopic (exact) mass is 466 g/mol. The Bertz CT molecular complexity index is 1000. The van der Waals surface area contributed by atoms with E-state index in [0.29, 0.717) is 29.8 Å². The maximum absolute atomic E-state index is 14.5. The van der Waals surface area contributed by atoms with Crippen molar-refractivity contribution in [2.24, 2.45) is 23.7 Å². The third-order valence-corrected chi connectivity index (χ3v) is 7.71. The van der Waals surface area contributed by atoms with E-state index in [4.69, 9.17) is 4.74 Å². The van der Waals surface area contributed by atoms with Crippen LogP contribution in [0.25, 0.3) is 0 Å².